The number of aryl methyl sites for hydroxylation is 2. The zero-order valence-corrected chi connectivity index (χ0v) is 26.4. The summed E-state index contributed by atoms with van der Waals surface area (Å²) in [5.41, 5.74) is 12.2. The van der Waals surface area contributed by atoms with Gasteiger partial charge in [-0.1, -0.05) is 66.4 Å². The van der Waals surface area contributed by atoms with Gasteiger partial charge in [0.1, 0.15) is 0 Å². The van der Waals surface area contributed by atoms with E-state index in [0.29, 0.717) is 22.8 Å². The Bertz CT molecular complexity index is 2120. The maximum Gasteiger partial charge on any atom is 0.738 e. The summed E-state index contributed by atoms with van der Waals surface area (Å²) < 4.78 is 38.5. The highest BCUT2D eigenvalue weighted by molar-refractivity contribution is 6.59. The standard InChI is InChI=1S/C41H35BF2N2/c1-28-14-13-15-29(2)38(28)39-40-34-22-11-9-20-32(34)36(26-24-30-16-5-3-6-17-30)45(40)42(43,44)46-37(27-25-31-18-7-4-8-19-31)33-21-10-12-23-35(33)41(39)46/h3-8,13-19H,9-12,20-23H2,1-2H3. The number of fused-ring (bicyclic) bond motifs is 5. The molecule has 3 heterocycles. The van der Waals surface area contributed by atoms with E-state index in [1.165, 1.54) is 8.96 Å². The highest BCUT2D eigenvalue weighted by Crippen LogP contribution is 2.51. The summed E-state index contributed by atoms with van der Waals surface area (Å²) >= 11 is 0. The van der Waals surface area contributed by atoms with Gasteiger partial charge in [-0.15, -0.1) is 0 Å². The van der Waals surface area contributed by atoms with E-state index in [1.54, 1.807) is 0 Å². The lowest BCUT2D eigenvalue weighted by molar-refractivity contribution is -0.362. The van der Waals surface area contributed by atoms with Crippen molar-refractivity contribution < 1.29 is 13.1 Å². The minimum absolute atomic E-state index is 0.460. The molecular weight excluding hydrogens is 569 g/mol. The molecule has 2 aliphatic heterocycles. The lowest BCUT2D eigenvalue weighted by Gasteiger charge is -2.34. The van der Waals surface area contributed by atoms with E-state index in [0.717, 1.165) is 107 Å². The molecule has 0 saturated carbocycles. The number of rotatable bonds is 1. The van der Waals surface area contributed by atoms with Crippen molar-refractivity contribution in [3.63, 3.8) is 0 Å². The van der Waals surface area contributed by atoms with Crippen LogP contribution in [0.5, 0.6) is 0 Å². The van der Waals surface area contributed by atoms with Gasteiger partial charge in [0.05, 0.1) is 11.3 Å². The van der Waals surface area contributed by atoms with E-state index in [9.17, 15) is 0 Å². The van der Waals surface area contributed by atoms with Crippen molar-refractivity contribution in [3.8, 4) is 23.7 Å². The third-order valence-corrected chi connectivity index (χ3v) is 10.1. The molecule has 8 rings (SSSR count). The summed E-state index contributed by atoms with van der Waals surface area (Å²) in [6.45, 7) is -0.0944. The molecular formula is C41H35BF2N2. The molecule has 46 heavy (non-hydrogen) atoms. The summed E-state index contributed by atoms with van der Waals surface area (Å²) in [7, 11) is 0. The quantitative estimate of drug-likeness (QED) is 0.152. The minimum atomic E-state index is -4.31. The Balaban J connectivity index is 1.52. The van der Waals surface area contributed by atoms with Gasteiger partial charge in [0.15, 0.2) is 5.70 Å². The maximum atomic E-state index is 17.9. The van der Waals surface area contributed by atoms with Gasteiger partial charge in [-0.05, 0) is 123 Å². The van der Waals surface area contributed by atoms with Gasteiger partial charge >= 0.3 is 6.97 Å². The largest absolute Gasteiger partial charge is 0.738 e. The molecule has 0 spiro atoms. The number of aromatic nitrogens is 1. The fraction of sp³-hybridized carbons (Fsp3) is 0.244. The third kappa shape index (κ3) is 4.45. The van der Waals surface area contributed by atoms with Gasteiger partial charge in [0.2, 0.25) is 5.71 Å². The van der Waals surface area contributed by atoms with Crippen LogP contribution in [0.4, 0.5) is 8.63 Å². The molecule has 1 aromatic heterocycles. The Morgan fingerprint density at radius 2 is 1.20 bits per heavy atom. The first-order valence-electron chi connectivity index (χ1n) is 16.6. The Hall–Kier alpha value is -4.87. The molecule has 0 fully saturated rings. The second kappa shape index (κ2) is 11.2. The summed E-state index contributed by atoms with van der Waals surface area (Å²) in [5, 5.41) is 0. The third-order valence-electron chi connectivity index (χ3n) is 10.1. The molecule has 5 heteroatoms. The predicted octanol–water partition coefficient (Wildman–Crippen LogP) is 8.77. The first kappa shape index (κ1) is 28.6. The molecule has 0 atom stereocenters. The Labute approximate surface area is 270 Å². The van der Waals surface area contributed by atoms with Crippen molar-refractivity contribution in [2.45, 2.75) is 65.2 Å². The number of hydrogen-bond donors (Lipinski definition) is 0. The van der Waals surface area contributed by atoms with Crippen LogP contribution in [0, 0.1) is 37.5 Å². The number of hydrogen-bond acceptors (Lipinski definition) is 0. The molecule has 226 valence electrons. The molecule has 3 aromatic carbocycles. The Kier molecular flexibility index (Phi) is 6.95. The van der Waals surface area contributed by atoms with Gasteiger partial charge in [0, 0.05) is 33.9 Å². The smallest absolute Gasteiger partial charge is 0.389 e. The van der Waals surface area contributed by atoms with Crippen molar-refractivity contribution >= 4 is 18.3 Å². The number of nitrogens with zero attached hydrogens (tertiary/aromatic N) is 2. The van der Waals surface area contributed by atoms with Gasteiger partial charge in [-0.2, -0.15) is 0 Å². The maximum absolute atomic E-state index is 17.9. The van der Waals surface area contributed by atoms with Crippen LogP contribution in [-0.2, 0) is 12.8 Å². The number of benzene rings is 3. The van der Waals surface area contributed by atoms with Crippen molar-refractivity contribution in [1.82, 2.24) is 4.48 Å². The Morgan fingerprint density at radius 1 is 0.630 bits per heavy atom. The molecule has 0 N–H and O–H groups in total. The average molecular weight is 605 g/mol. The molecule has 0 amide bonds. The van der Waals surface area contributed by atoms with Gasteiger partial charge in [-0.3, -0.25) is 0 Å². The highest BCUT2D eigenvalue weighted by atomic mass is 19.2. The highest BCUT2D eigenvalue weighted by Gasteiger charge is 2.59. The average Bonchev–Trinajstić information content (AvgIpc) is 3.60. The minimum Gasteiger partial charge on any atom is -0.389 e. The van der Waals surface area contributed by atoms with Crippen LogP contribution in [0.15, 0.2) is 95.7 Å². The predicted molar refractivity (Wildman–Crippen MR) is 183 cm³/mol. The first-order chi connectivity index (χ1) is 22.4. The summed E-state index contributed by atoms with van der Waals surface area (Å²) in [6.07, 6.45) is 7.00. The number of allylic oxidation sites excluding steroid dienone is 2. The summed E-state index contributed by atoms with van der Waals surface area (Å²) in [4.78, 5) is 0. The molecule has 0 saturated heterocycles. The van der Waals surface area contributed by atoms with Crippen LogP contribution >= 0.6 is 0 Å². The van der Waals surface area contributed by atoms with Crippen LogP contribution in [0.25, 0.3) is 5.57 Å². The second-order valence-electron chi connectivity index (χ2n) is 12.9. The van der Waals surface area contributed by atoms with Crippen LogP contribution in [0.2, 0.25) is 0 Å². The van der Waals surface area contributed by atoms with E-state index in [2.05, 4.69) is 55.7 Å². The molecule has 0 radical (unpaired) electrons. The lowest BCUT2D eigenvalue weighted by atomic mass is 9.79. The first-order valence-corrected chi connectivity index (χ1v) is 16.6. The van der Waals surface area contributed by atoms with E-state index < -0.39 is 6.97 Å². The Morgan fingerprint density at radius 3 is 1.85 bits per heavy atom. The SMILES string of the molecule is Cc1cccc(C)c1C1=C2C3=C(CCCC3)C(C#Cc3ccccc3)=[N+]2[B-](F)(F)n2c(C#Cc3ccccc3)c3c(c21)CCCC3. The van der Waals surface area contributed by atoms with Gasteiger partial charge in [0.25, 0.3) is 0 Å². The summed E-state index contributed by atoms with van der Waals surface area (Å²) in [5.74, 6) is 13.1. The molecule has 0 unspecified atom stereocenters. The zero-order chi connectivity index (χ0) is 31.4. The normalized spacial score (nSPS) is 17.7. The van der Waals surface area contributed by atoms with Gasteiger partial charge in [-0.25, -0.2) is 0 Å². The molecule has 4 aromatic rings. The van der Waals surface area contributed by atoms with E-state index >= 15 is 8.63 Å². The fourth-order valence-corrected chi connectivity index (χ4v) is 8.08. The van der Waals surface area contributed by atoms with Crippen molar-refractivity contribution in [2.75, 3.05) is 0 Å². The lowest BCUT2D eigenvalue weighted by Crippen LogP contribution is -2.52. The molecule has 4 aliphatic rings. The van der Waals surface area contributed by atoms with E-state index in [4.69, 9.17) is 0 Å². The summed E-state index contributed by atoms with van der Waals surface area (Å²) in [6, 6.07) is 25.7. The molecule has 0 bridgehead atoms. The van der Waals surface area contributed by atoms with E-state index in [-0.39, 0.29) is 0 Å². The topological polar surface area (TPSA) is 7.94 Å². The fourth-order valence-electron chi connectivity index (χ4n) is 8.08. The van der Waals surface area contributed by atoms with Crippen LogP contribution < -0.4 is 0 Å². The van der Waals surface area contributed by atoms with Crippen molar-refractivity contribution in [3.05, 3.63) is 146 Å². The van der Waals surface area contributed by atoms with Crippen LogP contribution in [-0.4, -0.2) is 21.6 Å². The van der Waals surface area contributed by atoms with Crippen molar-refractivity contribution in [1.29, 1.82) is 0 Å². The van der Waals surface area contributed by atoms with Crippen LogP contribution in [0.3, 0.4) is 0 Å². The monoisotopic (exact) mass is 604 g/mol. The molecule has 2 aliphatic carbocycles. The second-order valence-corrected chi connectivity index (χ2v) is 12.9. The van der Waals surface area contributed by atoms with Gasteiger partial charge < -0.3 is 17.6 Å². The van der Waals surface area contributed by atoms with Crippen molar-refractivity contribution in [2.24, 2.45) is 0 Å². The van der Waals surface area contributed by atoms with E-state index in [1.807, 2.05) is 60.7 Å². The zero-order valence-electron chi connectivity index (χ0n) is 26.4. The molecule has 2 nitrogen and oxygen atoms in total. The van der Waals surface area contributed by atoms with Crippen LogP contribution in [0.1, 0.15) is 88.9 Å². The number of halogens is 2.